The molecule has 0 aliphatic carbocycles. The van der Waals surface area contributed by atoms with Crippen LogP contribution in [0.5, 0.6) is 0 Å². The van der Waals surface area contributed by atoms with Crippen molar-refractivity contribution >= 4 is 5.84 Å². The number of amidine groups is 1. The molecular formula is C13H22N2. The van der Waals surface area contributed by atoms with Gasteiger partial charge in [-0.3, -0.25) is 0 Å². The lowest BCUT2D eigenvalue weighted by atomic mass is 9.95. The summed E-state index contributed by atoms with van der Waals surface area (Å²) < 4.78 is 0. The fourth-order valence-corrected chi connectivity index (χ4v) is 1.55. The maximum absolute atomic E-state index is 4.51. The van der Waals surface area contributed by atoms with Crippen LogP contribution in [0, 0.1) is 5.92 Å². The minimum atomic E-state index is 0.600. The Morgan fingerprint density at radius 1 is 1.40 bits per heavy atom. The maximum atomic E-state index is 4.51. The predicted molar refractivity (Wildman–Crippen MR) is 67.0 cm³/mol. The van der Waals surface area contributed by atoms with E-state index < -0.39 is 0 Å². The van der Waals surface area contributed by atoms with Gasteiger partial charge in [-0.1, -0.05) is 26.3 Å². The van der Waals surface area contributed by atoms with Crippen LogP contribution in [0.4, 0.5) is 0 Å². The monoisotopic (exact) mass is 206 g/mol. The van der Waals surface area contributed by atoms with Gasteiger partial charge in [-0.25, -0.2) is 4.99 Å². The highest BCUT2D eigenvalue weighted by molar-refractivity contribution is 5.94. The Labute approximate surface area is 93.4 Å². The zero-order valence-corrected chi connectivity index (χ0v) is 10.5. The average molecular weight is 206 g/mol. The molecule has 2 nitrogen and oxygen atoms in total. The van der Waals surface area contributed by atoms with Gasteiger partial charge in [-0.15, -0.1) is 0 Å². The highest BCUT2D eigenvalue weighted by atomic mass is 15.1. The second-order valence-electron chi connectivity index (χ2n) is 4.57. The van der Waals surface area contributed by atoms with E-state index in [0.29, 0.717) is 5.92 Å². The van der Waals surface area contributed by atoms with E-state index in [1.165, 1.54) is 11.1 Å². The van der Waals surface area contributed by atoms with E-state index >= 15 is 0 Å². The molecule has 0 aromatic carbocycles. The summed E-state index contributed by atoms with van der Waals surface area (Å²) in [5.41, 5.74) is 2.90. The lowest BCUT2D eigenvalue weighted by molar-refractivity contribution is 0.624. The van der Waals surface area contributed by atoms with Crippen molar-refractivity contribution in [2.75, 3.05) is 14.1 Å². The summed E-state index contributed by atoms with van der Waals surface area (Å²) in [6.07, 6.45) is 6.42. The molecule has 0 aromatic heterocycles. The highest BCUT2D eigenvalue weighted by Gasteiger charge is 2.11. The third kappa shape index (κ3) is 3.22. The second-order valence-corrected chi connectivity index (χ2v) is 4.57. The number of nitrogens with zero attached hydrogens (tertiary/aromatic N) is 2. The van der Waals surface area contributed by atoms with Crippen LogP contribution in [0.2, 0.25) is 0 Å². The molecule has 1 heterocycles. The maximum Gasteiger partial charge on any atom is 0.127 e. The normalized spacial score (nSPS) is 16.8. The van der Waals surface area contributed by atoms with E-state index in [1.54, 1.807) is 0 Å². The average Bonchev–Trinajstić information content (AvgIpc) is 2.39. The topological polar surface area (TPSA) is 15.6 Å². The number of hydrogen-bond acceptors (Lipinski definition) is 2. The summed E-state index contributed by atoms with van der Waals surface area (Å²) in [5.74, 6) is 1.66. The summed E-state index contributed by atoms with van der Waals surface area (Å²) in [6.45, 7) is 6.69. The highest BCUT2D eigenvalue weighted by Crippen LogP contribution is 2.23. The van der Waals surface area contributed by atoms with Gasteiger partial charge in [0.25, 0.3) is 0 Å². The molecule has 0 amide bonds. The van der Waals surface area contributed by atoms with Crippen molar-refractivity contribution in [3.05, 3.63) is 23.4 Å². The quantitative estimate of drug-likeness (QED) is 0.677. The van der Waals surface area contributed by atoms with Crippen molar-refractivity contribution < 1.29 is 0 Å². The lowest BCUT2D eigenvalue weighted by Crippen LogP contribution is -2.20. The molecule has 0 spiro atoms. The minimum absolute atomic E-state index is 0.600. The standard InChI is InChI=1S/C13H22N2/c1-6-11-7-12(10(2)3)8-13(14-9-11)15(4)5/h8-10H,6-7H2,1-5H3. The molecular weight excluding hydrogens is 184 g/mol. The molecule has 0 unspecified atom stereocenters. The Hall–Kier alpha value is -1.05. The van der Waals surface area contributed by atoms with E-state index in [1.807, 2.05) is 20.3 Å². The van der Waals surface area contributed by atoms with E-state index in [2.05, 4.69) is 36.7 Å². The first-order valence-electron chi connectivity index (χ1n) is 5.68. The summed E-state index contributed by atoms with van der Waals surface area (Å²) in [5, 5.41) is 0. The summed E-state index contributed by atoms with van der Waals surface area (Å²) >= 11 is 0. The molecule has 2 heteroatoms. The van der Waals surface area contributed by atoms with E-state index in [-0.39, 0.29) is 0 Å². The van der Waals surface area contributed by atoms with Gasteiger partial charge in [-0.05, 0) is 30.4 Å². The minimum Gasteiger partial charge on any atom is -0.363 e. The van der Waals surface area contributed by atoms with Crippen LogP contribution in [0.3, 0.4) is 0 Å². The molecule has 0 bridgehead atoms. The second kappa shape index (κ2) is 5.15. The third-order valence-electron chi connectivity index (χ3n) is 2.78. The molecule has 0 aromatic rings. The van der Waals surface area contributed by atoms with Crippen LogP contribution in [0.15, 0.2) is 28.4 Å². The van der Waals surface area contributed by atoms with E-state index in [4.69, 9.17) is 0 Å². The molecule has 1 rings (SSSR count). The molecule has 0 saturated carbocycles. The van der Waals surface area contributed by atoms with E-state index in [9.17, 15) is 0 Å². The van der Waals surface area contributed by atoms with Gasteiger partial charge < -0.3 is 4.90 Å². The molecule has 84 valence electrons. The van der Waals surface area contributed by atoms with Crippen molar-refractivity contribution in [3.63, 3.8) is 0 Å². The smallest absolute Gasteiger partial charge is 0.127 e. The number of hydrogen-bond donors (Lipinski definition) is 0. The van der Waals surface area contributed by atoms with E-state index in [0.717, 1.165) is 18.7 Å². The molecule has 0 atom stereocenters. The first-order valence-corrected chi connectivity index (χ1v) is 5.68. The molecule has 15 heavy (non-hydrogen) atoms. The Kier molecular flexibility index (Phi) is 4.13. The fraction of sp³-hybridized carbons (Fsp3) is 0.615. The molecule has 0 fully saturated rings. The number of allylic oxidation sites excluding steroid dienone is 2. The first kappa shape index (κ1) is 12.0. The molecule has 0 radical (unpaired) electrons. The van der Waals surface area contributed by atoms with Crippen LogP contribution >= 0.6 is 0 Å². The van der Waals surface area contributed by atoms with Crippen molar-refractivity contribution in [1.82, 2.24) is 4.90 Å². The Balaban J connectivity index is 3.01. The molecule has 1 aliphatic rings. The van der Waals surface area contributed by atoms with Gasteiger partial charge in [0, 0.05) is 20.3 Å². The molecule has 1 aliphatic heterocycles. The van der Waals surface area contributed by atoms with Gasteiger partial charge in [0.05, 0.1) is 0 Å². The van der Waals surface area contributed by atoms with Crippen molar-refractivity contribution in [3.8, 4) is 0 Å². The van der Waals surface area contributed by atoms with Crippen molar-refractivity contribution in [2.24, 2.45) is 10.9 Å². The lowest BCUT2D eigenvalue weighted by Gasteiger charge is -2.14. The van der Waals surface area contributed by atoms with Crippen LogP contribution in [-0.4, -0.2) is 24.8 Å². The van der Waals surface area contributed by atoms with Gasteiger partial charge in [-0.2, -0.15) is 0 Å². The number of aliphatic imine (C=N–C) groups is 1. The fourth-order valence-electron chi connectivity index (χ4n) is 1.55. The Morgan fingerprint density at radius 2 is 2.07 bits per heavy atom. The summed E-state index contributed by atoms with van der Waals surface area (Å²) in [6, 6.07) is 0. The number of rotatable bonds is 2. The van der Waals surface area contributed by atoms with Gasteiger partial charge in [0.15, 0.2) is 0 Å². The Morgan fingerprint density at radius 3 is 2.53 bits per heavy atom. The first-order chi connectivity index (χ1) is 7.04. The van der Waals surface area contributed by atoms with Crippen LogP contribution in [-0.2, 0) is 0 Å². The van der Waals surface area contributed by atoms with Crippen LogP contribution in [0.1, 0.15) is 33.6 Å². The summed E-state index contributed by atoms with van der Waals surface area (Å²) in [4.78, 5) is 6.58. The zero-order chi connectivity index (χ0) is 11.4. The largest absolute Gasteiger partial charge is 0.363 e. The predicted octanol–water partition coefficient (Wildman–Crippen LogP) is 3.23. The zero-order valence-electron chi connectivity index (χ0n) is 10.5. The van der Waals surface area contributed by atoms with Crippen LogP contribution < -0.4 is 0 Å². The Bertz CT molecular complexity index is 306. The SMILES string of the molecule is CCC1=CN=C(N(C)C)C=C(C(C)C)C1. The van der Waals surface area contributed by atoms with Crippen molar-refractivity contribution in [2.45, 2.75) is 33.6 Å². The third-order valence-corrected chi connectivity index (χ3v) is 2.78. The van der Waals surface area contributed by atoms with Gasteiger partial charge in [0.2, 0.25) is 0 Å². The molecule has 0 N–H and O–H groups in total. The number of likely N-dealkylation sites (N-methyl/N-ethyl adjacent to an activating group) is 1. The van der Waals surface area contributed by atoms with Crippen LogP contribution in [0.25, 0.3) is 0 Å². The van der Waals surface area contributed by atoms with Gasteiger partial charge in [0.1, 0.15) is 5.84 Å². The summed E-state index contributed by atoms with van der Waals surface area (Å²) in [7, 11) is 4.08. The molecule has 0 saturated heterocycles. The van der Waals surface area contributed by atoms with Gasteiger partial charge >= 0.3 is 0 Å². The van der Waals surface area contributed by atoms with Crippen molar-refractivity contribution in [1.29, 1.82) is 0 Å².